The number of aromatic nitrogens is 2. The van der Waals surface area contributed by atoms with E-state index in [-0.39, 0.29) is 0 Å². The Labute approximate surface area is 112 Å². The third-order valence-electron chi connectivity index (χ3n) is 3.28. The van der Waals surface area contributed by atoms with Gasteiger partial charge >= 0.3 is 0 Å². The molecule has 2 unspecified atom stereocenters. The molecule has 0 spiro atoms. The molecule has 1 aromatic heterocycles. The van der Waals surface area contributed by atoms with Crippen LogP contribution in [0, 0.1) is 11.8 Å². The van der Waals surface area contributed by atoms with Crippen LogP contribution in [-0.4, -0.2) is 16.3 Å². The molecular formula is C15H29N3. The first-order valence-electron chi connectivity index (χ1n) is 7.24. The van der Waals surface area contributed by atoms with E-state index < -0.39 is 0 Å². The minimum Gasteiger partial charge on any atom is -0.310 e. The van der Waals surface area contributed by atoms with Crippen LogP contribution >= 0.6 is 0 Å². The minimum atomic E-state index is 0.451. The lowest BCUT2D eigenvalue weighted by Gasteiger charge is -2.22. The zero-order chi connectivity index (χ0) is 13.5. The fourth-order valence-electron chi connectivity index (χ4n) is 2.58. The largest absolute Gasteiger partial charge is 0.310 e. The third-order valence-corrected chi connectivity index (χ3v) is 3.28. The smallest absolute Gasteiger partial charge is 0.0537 e. The zero-order valence-electron chi connectivity index (χ0n) is 12.6. The van der Waals surface area contributed by atoms with E-state index in [2.05, 4.69) is 44.3 Å². The van der Waals surface area contributed by atoms with Gasteiger partial charge in [0.1, 0.15) is 0 Å². The van der Waals surface area contributed by atoms with Gasteiger partial charge in [-0.05, 0) is 37.6 Å². The van der Waals surface area contributed by atoms with Gasteiger partial charge in [-0.15, -0.1) is 0 Å². The maximum absolute atomic E-state index is 4.29. The number of aryl methyl sites for hydroxylation is 1. The van der Waals surface area contributed by atoms with Crippen LogP contribution in [-0.2, 0) is 7.05 Å². The SMILES string of the molecule is CCCNC(CC(C)CC(C)C)c1cnn(C)c1. The van der Waals surface area contributed by atoms with Crippen molar-refractivity contribution in [2.24, 2.45) is 18.9 Å². The van der Waals surface area contributed by atoms with Crippen LogP contribution in [0.15, 0.2) is 12.4 Å². The van der Waals surface area contributed by atoms with E-state index in [1.54, 1.807) is 0 Å². The van der Waals surface area contributed by atoms with Gasteiger partial charge in [-0.3, -0.25) is 4.68 Å². The molecule has 0 bridgehead atoms. The molecule has 0 radical (unpaired) electrons. The highest BCUT2D eigenvalue weighted by Gasteiger charge is 2.16. The van der Waals surface area contributed by atoms with Gasteiger partial charge in [0.25, 0.3) is 0 Å². The molecule has 0 saturated heterocycles. The van der Waals surface area contributed by atoms with Crippen LogP contribution in [0.1, 0.15) is 58.6 Å². The van der Waals surface area contributed by atoms with Crippen molar-refractivity contribution in [1.82, 2.24) is 15.1 Å². The lowest BCUT2D eigenvalue weighted by Crippen LogP contribution is -2.24. The molecule has 1 rings (SSSR count). The van der Waals surface area contributed by atoms with Gasteiger partial charge in [0.15, 0.2) is 0 Å². The standard InChI is InChI=1S/C15H29N3/c1-6-7-16-15(9-13(4)8-12(2)3)14-10-17-18(5)11-14/h10-13,15-16H,6-9H2,1-5H3. The lowest BCUT2D eigenvalue weighted by molar-refractivity contribution is 0.356. The second kappa shape index (κ2) is 7.57. The van der Waals surface area contributed by atoms with Crippen LogP contribution in [0.25, 0.3) is 0 Å². The highest BCUT2D eigenvalue weighted by Crippen LogP contribution is 2.25. The predicted octanol–water partition coefficient (Wildman–Crippen LogP) is 3.53. The Balaban J connectivity index is 2.60. The molecule has 1 aromatic rings. The Bertz CT molecular complexity index is 330. The Morgan fingerprint density at radius 1 is 1.28 bits per heavy atom. The molecule has 0 aromatic carbocycles. The van der Waals surface area contributed by atoms with Crippen LogP contribution in [0.5, 0.6) is 0 Å². The molecule has 0 aliphatic rings. The number of hydrogen-bond donors (Lipinski definition) is 1. The summed E-state index contributed by atoms with van der Waals surface area (Å²) in [5.74, 6) is 1.53. The van der Waals surface area contributed by atoms with Gasteiger partial charge in [0.2, 0.25) is 0 Å². The van der Waals surface area contributed by atoms with E-state index in [0.717, 1.165) is 18.4 Å². The number of hydrogen-bond acceptors (Lipinski definition) is 2. The molecule has 1 heterocycles. The summed E-state index contributed by atoms with van der Waals surface area (Å²) in [5.41, 5.74) is 1.32. The predicted molar refractivity (Wildman–Crippen MR) is 77.5 cm³/mol. The maximum atomic E-state index is 4.29. The van der Waals surface area contributed by atoms with Crippen LogP contribution in [0.4, 0.5) is 0 Å². The summed E-state index contributed by atoms with van der Waals surface area (Å²) in [7, 11) is 1.98. The summed E-state index contributed by atoms with van der Waals surface area (Å²) in [5, 5.41) is 7.94. The second-order valence-electron chi connectivity index (χ2n) is 5.92. The Hall–Kier alpha value is -0.830. The maximum Gasteiger partial charge on any atom is 0.0537 e. The first kappa shape index (κ1) is 15.2. The lowest BCUT2D eigenvalue weighted by atomic mass is 9.91. The molecule has 18 heavy (non-hydrogen) atoms. The van der Waals surface area contributed by atoms with E-state index in [1.807, 2.05) is 17.9 Å². The zero-order valence-corrected chi connectivity index (χ0v) is 12.6. The Morgan fingerprint density at radius 3 is 2.50 bits per heavy atom. The summed E-state index contributed by atoms with van der Waals surface area (Å²) >= 11 is 0. The average Bonchev–Trinajstić information content (AvgIpc) is 2.70. The van der Waals surface area contributed by atoms with Crippen molar-refractivity contribution in [2.75, 3.05) is 6.54 Å². The van der Waals surface area contributed by atoms with Crippen molar-refractivity contribution in [2.45, 2.75) is 53.0 Å². The van der Waals surface area contributed by atoms with Gasteiger partial charge in [-0.25, -0.2) is 0 Å². The van der Waals surface area contributed by atoms with Crippen molar-refractivity contribution in [1.29, 1.82) is 0 Å². The van der Waals surface area contributed by atoms with Crippen molar-refractivity contribution < 1.29 is 0 Å². The summed E-state index contributed by atoms with van der Waals surface area (Å²) in [6.45, 7) is 10.2. The third kappa shape index (κ3) is 5.21. The normalized spacial score (nSPS) is 15.0. The Morgan fingerprint density at radius 2 is 2.00 bits per heavy atom. The van der Waals surface area contributed by atoms with Gasteiger partial charge in [-0.1, -0.05) is 27.7 Å². The van der Waals surface area contributed by atoms with E-state index in [4.69, 9.17) is 0 Å². The van der Waals surface area contributed by atoms with Crippen LogP contribution in [0.3, 0.4) is 0 Å². The van der Waals surface area contributed by atoms with Crippen molar-refractivity contribution in [3.05, 3.63) is 18.0 Å². The van der Waals surface area contributed by atoms with Crippen molar-refractivity contribution in [3.63, 3.8) is 0 Å². The summed E-state index contributed by atoms with van der Waals surface area (Å²) in [6, 6.07) is 0.451. The summed E-state index contributed by atoms with van der Waals surface area (Å²) in [4.78, 5) is 0. The molecule has 0 aliphatic carbocycles. The molecule has 3 heteroatoms. The minimum absolute atomic E-state index is 0.451. The molecule has 2 atom stereocenters. The number of nitrogens with zero attached hydrogens (tertiary/aromatic N) is 2. The van der Waals surface area contributed by atoms with E-state index in [9.17, 15) is 0 Å². The number of rotatable bonds is 8. The van der Waals surface area contributed by atoms with Gasteiger partial charge < -0.3 is 5.32 Å². The van der Waals surface area contributed by atoms with E-state index in [1.165, 1.54) is 24.8 Å². The molecule has 0 fully saturated rings. The van der Waals surface area contributed by atoms with E-state index >= 15 is 0 Å². The highest BCUT2D eigenvalue weighted by atomic mass is 15.2. The first-order chi connectivity index (χ1) is 8.52. The first-order valence-corrected chi connectivity index (χ1v) is 7.24. The number of nitrogens with one attached hydrogen (secondary N) is 1. The molecule has 104 valence electrons. The van der Waals surface area contributed by atoms with Crippen LogP contribution < -0.4 is 5.32 Å². The monoisotopic (exact) mass is 251 g/mol. The summed E-state index contributed by atoms with van der Waals surface area (Å²) < 4.78 is 1.89. The fraction of sp³-hybridized carbons (Fsp3) is 0.800. The summed E-state index contributed by atoms with van der Waals surface area (Å²) in [6.07, 6.45) is 7.80. The topological polar surface area (TPSA) is 29.9 Å². The molecule has 3 nitrogen and oxygen atoms in total. The highest BCUT2D eigenvalue weighted by molar-refractivity contribution is 5.10. The van der Waals surface area contributed by atoms with E-state index in [0.29, 0.717) is 6.04 Å². The fourth-order valence-corrected chi connectivity index (χ4v) is 2.58. The van der Waals surface area contributed by atoms with Gasteiger partial charge in [0, 0.05) is 24.8 Å². The van der Waals surface area contributed by atoms with Gasteiger partial charge in [-0.2, -0.15) is 5.10 Å². The molecule has 0 saturated carbocycles. The van der Waals surface area contributed by atoms with Crippen LogP contribution in [0.2, 0.25) is 0 Å². The van der Waals surface area contributed by atoms with Gasteiger partial charge in [0.05, 0.1) is 6.20 Å². The molecule has 1 N–H and O–H groups in total. The molecular weight excluding hydrogens is 222 g/mol. The molecule has 0 amide bonds. The quantitative estimate of drug-likeness (QED) is 0.766. The van der Waals surface area contributed by atoms with Crippen molar-refractivity contribution >= 4 is 0 Å². The second-order valence-corrected chi connectivity index (χ2v) is 5.92. The Kier molecular flexibility index (Phi) is 6.41. The van der Waals surface area contributed by atoms with Crippen molar-refractivity contribution in [3.8, 4) is 0 Å². The molecule has 0 aliphatic heterocycles. The average molecular weight is 251 g/mol.